The molecule has 2 atom stereocenters. The van der Waals surface area contributed by atoms with Gasteiger partial charge in [-0.2, -0.15) is 0 Å². The van der Waals surface area contributed by atoms with Crippen molar-refractivity contribution in [3.8, 4) is 0 Å². The van der Waals surface area contributed by atoms with Crippen LogP contribution in [0, 0.1) is 0 Å². The van der Waals surface area contributed by atoms with Gasteiger partial charge in [-0.05, 0) is 37.1 Å². The maximum absolute atomic E-state index is 12.3. The first-order valence-corrected chi connectivity index (χ1v) is 9.70. The van der Waals surface area contributed by atoms with Gasteiger partial charge in [0.2, 0.25) is 0 Å². The molecule has 0 bridgehead atoms. The van der Waals surface area contributed by atoms with E-state index in [1.54, 1.807) is 24.8 Å². The van der Waals surface area contributed by atoms with Crippen LogP contribution in [-0.2, 0) is 5.60 Å². The number of pyridine rings is 2. The Morgan fingerprint density at radius 1 is 0.929 bits per heavy atom. The molecule has 0 spiro atoms. The van der Waals surface area contributed by atoms with Crippen molar-refractivity contribution >= 4 is 0 Å². The highest BCUT2D eigenvalue weighted by atomic mass is 16.3. The van der Waals surface area contributed by atoms with Crippen LogP contribution in [0.3, 0.4) is 0 Å². The van der Waals surface area contributed by atoms with Crippen molar-refractivity contribution < 1.29 is 10.2 Å². The lowest BCUT2D eigenvalue weighted by Gasteiger charge is -2.45. The number of aliphatic hydroxyl groups excluding tert-OH is 1. The largest absolute Gasteiger partial charge is 0.392 e. The van der Waals surface area contributed by atoms with Crippen LogP contribution in [0.25, 0.3) is 0 Å². The average molecular weight is 375 g/mol. The van der Waals surface area contributed by atoms with Crippen LogP contribution in [0.15, 0.2) is 79.4 Å². The number of β-amino-alcohol motifs (C(OH)–C–C–N with tert-alkyl or cyclic N) is 1. The first-order valence-electron chi connectivity index (χ1n) is 9.70. The molecule has 0 saturated carbocycles. The molecule has 0 amide bonds. The second-order valence-electron chi connectivity index (χ2n) is 7.35. The third kappa shape index (κ3) is 3.56. The Kier molecular flexibility index (Phi) is 5.48. The van der Waals surface area contributed by atoms with Crippen LogP contribution >= 0.6 is 0 Å². The van der Waals surface area contributed by atoms with Crippen molar-refractivity contribution in [2.45, 2.75) is 30.6 Å². The number of piperidine rings is 1. The van der Waals surface area contributed by atoms with Crippen molar-refractivity contribution in [3.05, 3.63) is 96.1 Å². The first-order chi connectivity index (χ1) is 13.7. The van der Waals surface area contributed by atoms with Gasteiger partial charge in [0.1, 0.15) is 5.60 Å². The molecular weight excluding hydrogens is 350 g/mol. The molecular formula is C23H25N3O2. The summed E-state index contributed by atoms with van der Waals surface area (Å²) in [6, 6.07) is 17.1. The minimum absolute atomic E-state index is 0.378. The van der Waals surface area contributed by atoms with Gasteiger partial charge in [-0.1, -0.05) is 42.5 Å². The number of aromatic nitrogens is 2. The van der Waals surface area contributed by atoms with Crippen molar-refractivity contribution in [3.63, 3.8) is 0 Å². The van der Waals surface area contributed by atoms with Crippen molar-refractivity contribution in [1.82, 2.24) is 14.9 Å². The Balaban J connectivity index is 1.91. The third-order valence-electron chi connectivity index (χ3n) is 5.51. The van der Waals surface area contributed by atoms with Gasteiger partial charge in [0.25, 0.3) is 0 Å². The summed E-state index contributed by atoms with van der Waals surface area (Å²) in [6.07, 6.45) is 8.11. The molecule has 3 heterocycles. The zero-order chi connectivity index (χ0) is 19.4. The van der Waals surface area contributed by atoms with Crippen LogP contribution in [0.2, 0.25) is 0 Å². The van der Waals surface area contributed by atoms with E-state index in [0.717, 1.165) is 24.9 Å². The van der Waals surface area contributed by atoms with E-state index in [4.69, 9.17) is 0 Å². The highest BCUT2D eigenvalue weighted by Crippen LogP contribution is 2.44. The third-order valence-corrected chi connectivity index (χ3v) is 5.51. The smallest absolute Gasteiger partial charge is 0.137 e. The second kappa shape index (κ2) is 8.19. The van der Waals surface area contributed by atoms with Crippen LogP contribution in [0.5, 0.6) is 0 Å². The van der Waals surface area contributed by atoms with Crippen LogP contribution < -0.4 is 0 Å². The van der Waals surface area contributed by atoms with Crippen molar-refractivity contribution in [2.75, 3.05) is 13.1 Å². The summed E-state index contributed by atoms with van der Waals surface area (Å²) >= 11 is 0. The summed E-state index contributed by atoms with van der Waals surface area (Å²) in [5, 5.41) is 22.6. The fraction of sp³-hybridized carbons (Fsp3) is 0.304. The standard InChI is InChI=1S/C23H25N3O2/c27-21-11-6-14-26(17-21)22(18-7-2-1-3-8-18)23(28,19-9-4-12-24-15-19)20-10-5-13-25-16-20/h1-5,7-10,12-13,15-16,21-22,27-28H,6,11,14,17H2. The Morgan fingerprint density at radius 3 is 2.11 bits per heavy atom. The average Bonchev–Trinajstić information content (AvgIpc) is 2.76. The first kappa shape index (κ1) is 18.7. The lowest BCUT2D eigenvalue weighted by molar-refractivity contribution is -0.0515. The molecule has 0 aliphatic carbocycles. The Morgan fingerprint density at radius 2 is 1.57 bits per heavy atom. The fourth-order valence-corrected chi connectivity index (χ4v) is 4.23. The maximum atomic E-state index is 12.3. The predicted octanol–water partition coefficient (Wildman–Crippen LogP) is 2.91. The summed E-state index contributed by atoms with van der Waals surface area (Å²) in [5.74, 6) is 0. The second-order valence-corrected chi connectivity index (χ2v) is 7.35. The van der Waals surface area contributed by atoms with E-state index in [-0.39, 0.29) is 6.04 Å². The normalized spacial score (nSPS) is 19.3. The number of rotatable bonds is 5. The molecule has 4 rings (SSSR count). The van der Waals surface area contributed by atoms with E-state index in [1.165, 1.54) is 0 Å². The SMILES string of the molecule is OC1CCCN(C(c2ccccc2)C(O)(c2cccnc2)c2cccnc2)C1. The van der Waals surface area contributed by atoms with Gasteiger partial charge in [-0.25, -0.2) is 0 Å². The molecule has 0 radical (unpaired) electrons. The summed E-state index contributed by atoms with van der Waals surface area (Å²) in [6.45, 7) is 1.32. The van der Waals surface area contributed by atoms with E-state index in [9.17, 15) is 10.2 Å². The fourth-order valence-electron chi connectivity index (χ4n) is 4.23. The van der Waals surface area contributed by atoms with Gasteiger partial charge in [-0.3, -0.25) is 14.9 Å². The number of hydrogen-bond acceptors (Lipinski definition) is 5. The van der Waals surface area contributed by atoms with Crippen molar-refractivity contribution in [1.29, 1.82) is 0 Å². The van der Waals surface area contributed by atoms with E-state index >= 15 is 0 Å². The summed E-state index contributed by atoms with van der Waals surface area (Å²) in [7, 11) is 0. The van der Waals surface area contributed by atoms with Gasteiger partial charge in [0.05, 0.1) is 12.1 Å². The number of aliphatic hydroxyl groups is 2. The molecule has 1 fully saturated rings. The lowest BCUT2D eigenvalue weighted by Crippen LogP contribution is -2.49. The highest BCUT2D eigenvalue weighted by molar-refractivity contribution is 5.39. The molecule has 2 unspecified atom stereocenters. The summed E-state index contributed by atoms with van der Waals surface area (Å²) in [4.78, 5) is 10.7. The number of benzene rings is 1. The zero-order valence-electron chi connectivity index (χ0n) is 15.7. The van der Waals surface area contributed by atoms with E-state index in [2.05, 4.69) is 14.9 Å². The minimum atomic E-state index is -1.36. The number of nitrogens with zero attached hydrogens (tertiary/aromatic N) is 3. The topological polar surface area (TPSA) is 69.5 Å². The molecule has 2 aromatic heterocycles. The summed E-state index contributed by atoms with van der Waals surface area (Å²) < 4.78 is 0. The molecule has 1 aliphatic heterocycles. The van der Waals surface area contributed by atoms with Crippen LogP contribution in [0.4, 0.5) is 0 Å². The Bertz CT molecular complexity index is 835. The van der Waals surface area contributed by atoms with Gasteiger partial charge >= 0.3 is 0 Å². The molecule has 5 nitrogen and oxygen atoms in total. The Labute approximate surface area is 165 Å². The highest BCUT2D eigenvalue weighted by Gasteiger charge is 2.45. The molecule has 144 valence electrons. The van der Waals surface area contributed by atoms with E-state index in [1.807, 2.05) is 54.6 Å². The molecule has 1 aromatic carbocycles. The molecule has 1 aliphatic rings. The maximum Gasteiger partial charge on any atom is 0.137 e. The zero-order valence-corrected chi connectivity index (χ0v) is 15.7. The molecule has 1 saturated heterocycles. The van der Waals surface area contributed by atoms with Crippen LogP contribution in [0.1, 0.15) is 35.6 Å². The van der Waals surface area contributed by atoms with Gasteiger partial charge in [-0.15, -0.1) is 0 Å². The predicted molar refractivity (Wildman–Crippen MR) is 107 cm³/mol. The minimum Gasteiger partial charge on any atom is -0.392 e. The molecule has 28 heavy (non-hydrogen) atoms. The molecule has 2 N–H and O–H groups in total. The summed E-state index contributed by atoms with van der Waals surface area (Å²) in [5.41, 5.74) is 1.04. The molecule has 5 heteroatoms. The van der Waals surface area contributed by atoms with Gasteiger partial charge in [0, 0.05) is 42.5 Å². The number of hydrogen-bond donors (Lipinski definition) is 2. The Hall–Kier alpha value is -2.60. The monoisotopic (exact) mass is 375 g/mol. The van der Waals surface area contributed by atoms with E-state index < -0.39 is 11.7 Å². The van der Waals surface area contributed by atoms with Crippen LogP contribution in [-0.4, -0.2) is 44.3 Å². The van der Waals surface area contributed by atoms with Crippen molar-refractivity contribution in [2.24, 2.45) is 0 Å². The van der Waals surface area contributed by atoms with Gasteiger partial charge in [0.15, 0.2) is 0 Å². The molecule has 3 aromatic rings. The van der Waals surface area contributed by atoms with Gasteiger partial charge < -0.3 is 10.2 Å². The lowest BCUT2D eigenvalue weighted by atomic mass is 9.77. The number of likely N-dealkylation sites (tertiary alicyclic amines) is 1. The van der Waals surface area contributed by atoms with E-state index in [0.29, 0.717) is 17.7 Å². The quantitative estimate of drug-likeness (QED) is 0.718.